The lowest BCUT2D eigenvalue weighted by Gasteiger charge is -2.39. The van der Waals surface area contributed by atoms with Crippen LogP contribution in [0.25, 0.3) is 10.9 Å². The van der Waals surface area contributed by atoms with Gasteiger partial charge in [-0.15, -0.1) is 0 Å². The minimum Gasteiger partial charge on any atom is -0.337 e. The number of piperidine rings is 1. The molecule has 1 amide bonds. The first-order valence-electron chi connectivity index (χ1n) is 8.23. The molecule has 2 heterocycles. The number of aryl methyl sites for hydroxylation is 1. The summed E-state index contributed by atoms with van der Waals surface area (Å²) in [5.41, 5.74) is 0.939. The second-order valence-electron chi connectivity index (χ2n) is 6.31. The summed E-state index contributed by atoms with van der Waals surface area (Å²) in [6.07, 6.45) is 3.43. The van der Waals surface area contributed by atoms with Crippen LogP contribution in [0.5, 0.6) is 0 Å². The lowest BCUT2D eigenvalue weighted by Crippen LogP contribution is -2.48. The first-order valence-corrected chi connectivity index (χ1v) is 9.22. The van der Waals surface area contributed by atoms with Gasteiger partial charge >= 0.3 is 0 Å². The van der Waals surface area contributed by atoms with E-state index >= 15 is 0 Å². The molecule has 0 unspecified atom stereocenters. The molecule has 2 atom stereocenters. The fraction of sp³-hybridized carbons (Fsp3) is 0.500. The van der Waals surface area contributed by atoms with E-state index in [1.165, 1.54) is 18.2 Å². The molecule has 3 rings (SSSR count). The summed E-state index contributed by atoms with van der Waals surface area (Å²) >= 11 is 1.53. The monoisotopic (exact) mass is 329 g/mol. The van der Waals surface area contributed by atoms with Crippen molar-refractivity contribution in [1.29, 1.82) is 0 Å². The zero-order chi connectivity index (χ0) is 16.4. The molecule has 0 aliphatic carbocycles. The van der Waals surface area contributed by atoms with E-state index in [0.717, 1.165) is 34.6 Å². The van der Waals surface area contributed by atoms with Gasteiger partial charge in [0.1, 0.15) is 10.9 Å². The van der Waals surface area contributed by atoms with Crippen LogP contribution in [-0.4, -0.2) is 38.6 Å². The van der Waals surface area contributed by atoms with Crippen molar-refractivity contribution in [1.82, 2.24) is 14.9 Å². The topological polar surface area (TPSA) is 46.1 Å². The number of rotatable bonds is 3. The number of thioether (sulfide) groups is 1. The van der Waals surface area contributed by atoms with Gasteiger partial charge in [-0.25, -0.2) is 9.97 Å². The van der Waals surface area contributed by atoms with Crippen molar-refractivity contribution >= 4 is 28.6 Å². The van der Waals surface area contributed by atoms with Crippen molar-refractivity contribution in [3.05, 3.63) is 30.1 Å². The van der Waals surface area contributed by atoms with E-state index in [1.807, 2.05) is 31.2 Å². The predicted molar refractivity (Wildman–Crippen MR) is 94.6 cm³/mol. The molecule has 1 saturated heterocycles. The number of hydrogen-bond donors (Lipinski definition) is 0. The van der Waals surface area contributed by atoms with Gasteiger partial charge in [0.15, 0.2) is 0 Å². The highest BCUT2D eigenvalue weighted by Crippen LogP contribution is 2.28. The summed E-state index contributed by atoms with van der Waals surface area (Å²) in [5.74, 6) is 1.41. The third-order valence-corrected chi connectivity index (χ3v) is 5.47. The summed E-state index contributed by atoms with van der Waals surface area (Å²) in [6, 6.07) is 8.66. The third-order valence-electron chi connectivity index (χ3n) is 4.49. The maximum atomic E-state index is 12.7. The second-order valence-corrected chi connectivity index (χ2v) is 7.28. The van der Waals surface area contributed by atoms with E-state index in [-0.39, 0.29) is 5.91 Å². The van der Waals surface area contributed by atoms with E-state index in [1.54, 1.807) is 0 Å². The molecule has 122 valence electrons. The van der Waals surface area contributed by atoms with Gasteiger partial charge in [-0.1, -0.05) is 30.0 Å². The molecule has 1 aliphatic heterocycles. The van der Waals surface area contributed by atoms with Crippen LogP contribution in [0.4, 0.5) is 0 Å². The Hall–Kier alpha value is -1.62. The normalized spacial score (nSPS) is 21.6. The zero-order valence-electron chi connectivity index (χ0n) is 14.0. The molecule has 5 heteroatoms. The van der Waals surface area contributed by atoms with Gasteiger partial charge in [0.05, 0.1) is 11.3 Å². The molecule has 1 aromatic carbocycles. The van der Waals surface area contributed by atoms with E-state index in [2.05, 4.69) is 28.7 Å². The van der Waals surface area contributed by atoms with Crippen LogP contribution in [0.3, 0.4) is 0 Å². The Labute approximate surface area is 141 Å². The maximum absolute atomic E-state index is 12.7. The molecule has 0 bridgehead atoms. The number of benzene rings is 1. The molecule has 0 spiro atoms. The Morgan fingerprint density at radius 2 is 1.91 bits per heavy atom. The molecule has 23 heavy (non-hydrogen) atoms. The molecule has 0 radical (unpaired) electrons. The number of nitrogens with zero attached hydrogens (tertiary/aromatic N) is 3. The number of amides is 1. The Balaban J connectivity index is 1.77. The van der Waals surface area contributed by atoms with Crippen molar-refractivity contribution in [2.75, 3.05) is 5.75 Å². The molecule has 2 aromatic rings. The largest absolute Gasteiger partial charge is 0.337 e. The number of likely N-dealkylation sites (tertiary alicyclic amines) is 1. The van der Waals surface area contributed by atoms with Crippen molar-refractivity contribution in [2.45, 2.75) is 57.1 Å². The number of carbonyl (C=O) groups excluding carboxylic acids is 1. The quantitative estimate of drug-likeness (QED) is 0.634. The molecular formula is C18H23N3OS. The van der Waals surface area contributed by atoms with E-state index in [9.17, 15) is 4.79 Å². The summed E-state index contributed by atoms with van der Waals surface area (Å²) in [4.78, 5) is 23.7. The Bertz CT molecular complexity index is 708. The maximum Gasteiger partial charge on any atom is 0.233 e. The van der Waals surface area contributed by atoms with Crippen LogP contribution in [0.1, 0.15) is 38.9 Å². The van der Waals surface area contributed by atoms with Crippen molar-refractivity contribution in [3.8, 4) is 0 Å². The zero-order valence-corrected chi connectivity index (χ0v) is 14.8. The van der Waals surface area contributed by atoms with Crippen LogP contribution in [0.2, 0.25) is 0 Å². The highest BCUT2D eigenvalue weighted by atomic mass is 32.2. The summed E-state index contributed by atoms with van der Waals surface area (Å²) < 4.78 is 0. The molecule has 1 aliphatic rings. The molecule has 0 saturated carbocycles. The number of para-hydroxylation sites is 1. The third kappa shape index (κ3) is 3.50. The molecular weight excluding hydrogens is 306 g/mol. The highest BCUT2D eigenvalue weighted by molar-refractivity contribution is 8.00. The number of hydrogen-bond acceptors (Lipinski definition) is 4. The lowest BCUT2D eigenvalue weighted by atomic mass is 9.98. The van der Waals surface area contributed by atoms with E-state index < -0.39 is 0 Å². The van der Waals surface area contributed by atoms with Crippen LogP contribution >= 0.6 is 11.8 Å². The van der Waals surface area contributed by atoms with Gasteiger partial charge in [0.25, 0.3) is 0 Å². The van der Waals surface area contributed by atoms with Crippen molar-refractivity contribution in [3.63, 3.8) is 0 Å². The SMILES string of the molecule is Cc1nc(SCC(=O)N2[C@H](C)CCC[C@H]2C)c2ccccc2n1. The average molecular weight is 329 g/mol. The molecule has 1 aromatic heterocycles. The fourth-order valence-corrected chi connectivity index (χ4v) is 4.32. The van der Waals surface area contributed by atoms with Crippen LogP contribution in [0, 0.1) is 6.92 Å². The first-order chi connectivity index (χ1) is 11.1. The minimum atomic E-state index is 0.218. The first kappa shape index (κ1) is 16.2. The highest BCUT2D eigenvalue weighted by Gasteiger charge is 2.28. The summed E-state index contributed by atoms with van der Waals surface area (Å²) in [5, 5.41) is 1.93. The number of fused-ring (bicyclic) bond motifs is 1. The van der Waals surface area contributed by atoms with Gasteiger partial charge in [-0.3, -0.25) is 4.79 Å². The van der Waals surface area contributed by atoms with Gasteiger partial charge in [0, 0.05) is 17.5 Å². The van der Waals surface area contributed by atoms with Crippen LogP contribution in [-0.2, 0) is 4.79 Å². The van der Waals surface area contributed by atoms with Crippen molar-refractivity contribution < 1.29 is 4.79 Å². The van der Waals surface area contributed by atoms with Gasteiger partial charge in [0.2, 0.25) is 5.91 Å². The average Bonchev–Trinajstić information content (AvgIpc) is 2.52. The van der Waals surface area contributed by atoms with E-state index in [0.29, 0.717) is 17.8 Å². The molecule has 1 fully saturated rings. The Kier molecular flexibility index (Phi) is 4.85. The van der Waals surface area contributed by atoms with Gasteiger partial charge in [-0.05, 0) is 46.1 Å². The Morgan fingerprint density at radius 1 is 1.22 bits per heavy atom. The molecule has 0 N–H and O–H groups in total. The second kappa shape index (κ2) is 6.87. The van der Waals surface area contributed by atoms with Crippen LogP contribution in [0.15, 0.2) is 29.3 Å². The minimum absolute atomic E-state index is 0.218. The fourth-order valence-electron chi connectivity index (χ4n) is 3.39. The number of carbonyl (C=O) groups is 1. The van der Waals surface area contributed by atoms with Crippen LogP contribution < -0.4 is 0 Å². The summed E-state index contributed by atoms with van der Waals surface area (Å²) in [6.45, 7) is 6.21. The summed E-state index contributed by atoms with van der Waals surface area (Å²) in [7, 11) is 0. The van der Waals surface area contributed by atoms with Gasteiger partial charge < -0.3 is 4.90 Å². The Morgan fingerprint density at radius 3 is 2.65 bits per heavy atom. The smallest absolute Gasteiger partial charge is 0.233 e. The van der Waals surface area contributed by atoms with E-state index in [4.69, 9.17) is 0 Å². The predicted octanol–water partition coefficient (Wildman–Crippen LogP) is 3.82. The van der Waals surface area contributed by atoms with Crippen molar-refractivity contribution in [2.24, 2.45) is 0 Å². The van der Waals surface area contributed by atoms with Gasteiger partial charge in [-0.2, -0.15) is 0 Å². The standard InChI is InChI=1S/C18H23N3OS/c1-12-7-6-8-13(2)21(12)17(22)11-23-18-15-9-4-5-10-16(15)19-14(3)20-18/h4-5,9-10,12-13H,6-8,11H2,1-3H3/t12-,13-/m1/s1. The lowest BCUT2D eigenvalue weighted by molar-refractivity contribution is -0.134. The molecule has 4 nitrogen and oxygen atoms in total. The number of aromatic nitrogens is 2.